The lowest BCUT2D eigenvalue weighted by Gasteiger charge is -2.16. The zero-order valence-corrected chi connectivity index (χ0v) is 9.45. The molecule has 1 saturated carbocycles. The minimum absolute atomic E-state index is 0.171. The Kier molecular flexibility index (Phi) is 3.61. The van der Waals surface area contributed by atoms with Gasteiger partial charge in [-0.1, -0.05) is 30.2 Å². The van der Waals surface area contributed by atoms with E-state index in [1.807, 2.05) is 0 Å². The molecule has 1 fully saturated rings. The molecule has 2 heteroatoms. The van der Waals surface area contributed by atoms with E-state index in [1.54, 1.807) is 0 Å². The number of nitrogens with two attached hydrogens (primary N) is 1. The second-order valence-electron chi connectivity index (χ2n) is 4.31. The van der Waals surface area contributed by atoms with Crippen molar-refractivity contribution in [1.82, 2.24) is 5.32 Å². The van der Waals surface area contributed by atoms with Crippen LogP contribution in [0.5, 0.6) is 0 Å². The fraction of sp³-hybridized carbons (Fsp3) is 0.429. The van der Waals surface area contributed by atoms with Crippen molar-refractivity contribution in [3.05, 3.63) is 35.4 Å². The second-order valence-corrected chi connectivity index (χ2v) is 4.31. The molecule has 0 aromatic heterocycles. The smallest absolute Gasteiger partial charge is 0.0578 e. The Morgan fingerprint density at radius 1 is 1.38 bits per heavy atom. The highest BCUT2D eigenvalue weighted by molar-refractivity contribution is 5.29. The van der Waals surface area contributed by atoms with Crippen molar-refractivity contribution in [3.8, 4) is 12.3 Å². The summed E-state index contributed by atoms with van der Waals surface area (Å²) in [6.07, 6.45) is 7.91. The second kappa shape index (κ2) is 5.16. The highest BCUT2D eigenvalue weighted by Crippen LogP contribution is 2.40. The topological polar surface area (TPSA) is 38.0 Å². The molecule has 0 aliphatic heterocycles. The van der Waals surface area contributed by atoms with E-state index in [0.29, 0.717) is 13.1 Å². The number of hydrogen-bond acceptors (Lipinski definition) is 2. The molecule has 1 atom stereocenters. The molecule has 0 heterocycles. The van der Waals surface area contributed by atoms with Gasteiger partial charge in [0.1, 0.15) is 0 Å². The summed E-state index contributed by atoms with van der Waals surface area (Å²) >= 11 is 0. The van der Waals surface area contributed by atoms with Crippen LogP contribution in [-0.2, 0) is 0 Å². The van der Waals surface area contributed by atoms with E-state index in [0.717, 1.165) is 5.92 Å². The maximum absolute atomic E-state index is 5.72. The van der Waals surface area contributed by atoms with Gasteiger partial charge in [0.25, 0.3) is 0 Å². The van der Waals surface area contributed by atoms with E-state index < -0.39 is 0 Å². The molecule has 84 valence electrons. The van der Waals surface area contributed by atoms with Crippen LogP contribution in [-0.4, -0.2) is 13.1 Å². The number of nitrogens with one attached hydrogen (secondary N) is 1. The first-order valence-electron chi connectivity index (χ1n) is 5.82. The summed E-state index contributed by atoms with van der Waals surface area (Å²) in [4.78, 5) is 0. The molecule has 0 amide bonds. The average Bonchev–Trinajstić information content (AvgIpc) is 3.15. The Bertz CT molecular complexity index is 371. The van der Waals surface area contributed by atoms with Gasteiger partial charge in [-0.05, 0) is 29.9 Å². The Hall–Kier alpha value is -1.30. The number of hydrogen-bond donors (Lipinski definition) is 2. The van der Waals surface area contributed by atoms with Crippen molar-refractivity contribution in [2.24, 2.45) is 5.73 Å². The van der Waals surface area contributed by atoms with Crippen molar-refractivity contribution in [1.29, 1.82) is 0 Å². The van der Waals surface area contributed by atoms with Gasteiger partial charge in [0.2, 0.25) is 0 Å². The quantitative estimate of drug-likeness (QED) is 0.733. The molecule has 2 nitrogen and oxygen atoms in total. The number of benzene rings is 1. The molecule has 1 unspecified atom stereocenters. The van der Waals surface area contributed by atoms with Gasteiger partial charge in [-0.2, -0.15) is 0 Å². The normalized spacial score (nSPS) is 16.8. The van der Waals surface area contributed by atoms with Crippen LogP contribution in [0.4, 0.5) is 0 Å². The molecule has 0 bridgehead atoms. The van der Waals surface area contributed by atoms with Gasteiger partial charge < -0.3 is 5.73 Å². The van der Waals surface area contributed by atoms with Crippen LogP contribution >= 0.6 is 0 Å². The Balaban J connectivity index is 2.03. The molecule has 0 saturated heterocycles. The predicted molar refractivity (Wildman–Crippen MR) is 67.0 cm³/mol. The van der Waals surface area contributed by atoms with Crippen LogP contribution in [0.2, 0.25) is 0 Å². The molecule has 16 heavy (non-hydrogen) atoms. The first-order valence-corrected chi connectivity index (χ1v) is 5.82. The summed E-state index contributed by atoms with van der Waals surface area (Å²) in [5, 5.41) is 3.24. The molecule has 1 aromatic rings. The van der Waals surface area contributed by atoms with Gasteiger partial charge in [0.05, 0.1) is 6.54 Å². The Morgan fingerprint density at radius 2 is 2.06 bits per heavy atom. The van der Waals surface area contributed by atoms with Crippen molar-refractivity contribution >= 4 is 0 Å². The maximum atomic E-state index is 5.72. The van der Waals surface area contributed by atoms with Crippen LogP contribution in [0.15, 0.2) is 24.3 Å². The number of rotatable bonds is 5. The fourth-order valence-electron chi connectivity index (χ4n) is 1.94. The minimum atomic E-state index is 0.171. The van der Waals surface area contributed by atoms with Gasteiger partial charge >= 0.3 is 0 Å². The molecule has 3 N–H and O–H groups in total. The molecular weight excluding hydrogens is 196 g/mol. The van der Waals surface area contributed by atoms with E-state index in [4.69, 9.17) is 12.2 Å². The molecule has 1 aliphatic rings. The van der Waals surface area contributed by atoms with Crippen LogP contribution < -0.4 is 11.1 Å². The SMILES string of the molecule is C#CCNC(CN)c1ccc(C2CC2)cc1. The third-order valence-electron chi connectivity index (χ3n) is 3.07. The molecule has 2 rings (SSSR count). The minimum Gasteiger partial charge on any atom is -0.329 e. The van der Waals surface area contributed by atoms with Crippen LogP contribution in [0.3, 0.4) is 0 Å². The average molecular weight is 214 g/mol. The lowest BCUT2D eigenvalue weighted by atomic mass is 10.0. The molecular formula is C14H18N2. The van der Waals surface area contributed by atoms with Crippen molar-refractivity contribution in [2.45, 2.75) is 24.8 Å². The molecule has 1 aliphatic carbocycles. The summed E-state index contributed by atoms with van der Waals surface area (Å²) in [6, 6.07) is 8.92. The lowest BCUT2D eigenvalue weighted by molar-refractivity contribution is 0.582. The standard InChI is InChI=1S/C14H18N2/c1-2-9-16-14(10-15)13-7-5-12(6-8-13)11-3-4-11/h1,5-8,11,14,16H,3-4,9-10,15H2. The van der Waals surface area contributed by atoms with E-state index in [9.17, 15) is 0 Å². The van der Waals surface area contributed by atoms with Crippen LogP contribution in [0, 0.1) is 12.3 Å². The van der Waals surface area contributed by atoms with Crippen LogP contribution in [0.25, 0.3) is 0 Å². The summed E-state index contributed by atoms with van der Waals surface area (Å²) in [7, 11) is 0. The van der Waals surface area contributed by atoms with Gasteiger partial charge in [0, 0.05) is 12.6 Å². The summed E-state index contributed by atoms with van der Waals surface area (Å²) in [5.41, 5.74) is 8.40. The van der Waals surface area contributed by atoms with Gasteiger partial charge in [-0.15, -0.1) is 6.42 Å². The summed E-state index contributed by atoms with van der Waals surface area (Å²) in [5.74, 6) is 3.38. The number of terminal acetylenes is 1. The first kappa shape index (κ1) is 11.2. The summed E-state index contributed by atoms with van der Waals surface area (Å²) in [6.45, 7) is 1.14. The zero-order valence-electron chi connectivity index (χ0n) is 9.45. The summed E-state index contributed by atoms with van der Waals surface area (Å²) < 4.78 is 0. The molecule has 1 aromatic carbocycles. The monoisotopic (exact) mass is 214 g/mol. The van der Waals surface area contributed by atoms with E-state index in [1.165, 1.54) is 24.0 Å². The van der Waals surface area contributed by atoms with Crippen molar-refractivity contribution < 1.29 is 0 Å². The third-order valence-corrected chi connectivity index (χ3v) is 3.07. The van der Waals surface area contributed by atoms with Crippen molar-refractivity contribution in [2.75, 3.05) is 13.1 Å². The fourth-order valence-corrected chi connectivity index (χ4v) is 1.94. The predicted octanol–water partition coefficient (Wildman–Crippen LogP) is 1.79. The van der Waals surface area contributed by atoms with Gasteiger partial charge in [-0.3, -0.25) is 5.32 Å². The van der Waals surface area contributed by atoms with E-state index in [-0.39, 0.29) is 6.04 Å². The van der Waals surface area contributed by atoms with E-state index in [2.05, 4.69) is 35.5 Å². The first-order chi connectivity index (χ1) is 7.85. The molecule has 0 radical (unpaired) electrons. The Labute approximate surface area is 97.2 Å². The van der Waals surface area contributed by atoms with Gasteiger partial charge in [0.15, 0.2) is 0 Å². The van der Waals surface area contributed by atoms with E-state index >= 15 is 0 Å². The highest BCUT2D eigenvalue weighted by Gasteiger charge is 2.23. The van der Waals surface area contributed by atoms with Crippen LogP contribution in [0.1, 0.15) is 35.9 Å². The zero-order chi connectivity index (χ0) is 11.4. The van der Waals surface area contributed by atoms with Crippen molar-refractivity contribution in [3.63, 3.8) is 0 Å². The third kappa shape index (κ3) is 2.63. The Morgan fingerprint density at radius 3 is 2.56 bits per heavy atom. The van der Waals surface area contributed by atoms with Gasteiger partial charge in [-0.25, -0.2) is 0 Å². The molecule has 0 spiro atoms. The largest absolute Gasteiger partial charge is 0.329 e. The maximum Gasteiger partial charge on any atom is 0.0578 e. The highest BCUT2D eigenvalue weighted by atomic mass is 14.9. The lowest BCUT2D eigenvalue weighted by Crippen LogP contribution is -2.28.